The average Bonchev–Trinajstić information content (AvgIpc) is 2.62. The van der Waals surface area contributed by atoms with Crippen molar-refractivity contribution in [3.05, 3.63) is 59.7 Å². The van der Waals surface area contributed by atoms with E-state index in [2.05, 4.69) is 5.32 Å². The summed E-state index contributed by atoms with van der Waals surface area (Å²) < 4.78 is 10.4. The molecule has 0 radical (unpaired) electrons. The Hall–Kier alpha value is -2.47. The van der Waals surface area contributed by atoms with Crippen molar-refractivity contribution in [2.75, 3.05) is 18.2 Å². The van der Waals surface area contributed by atoms with E-state index in [-0.39, 0.29) is 18.0 Å². The van der Waals surface area contributed by atoms with Crippen LogP contribution < -0.4 is 10.1 Å². The largest absolute Gasteiger partial charge is 0.495 e. The molecule has 1 N–H and O–H groups in total. The third kappa shape index (κ3) is 6.11. The zero-order chi connectivity index (χ0) is 18.9. The van der Waals surface area contributed by atoms with Gasteiger partial charge in [-0.1, -0.05) is 24.3 Å². The first kappa shape index (κ1) is 19.8. The topological polar surface area (TPSA) is 64.6 Å². The fourth-order valence-electron chi connectivity index (χ4n) is 2.21. The predicted octanol–water partition coefficient (Wildman–Crippen LogP) is 4.13. The van der Waals surface area contributed by atoms with E-state index in [1.54, 1.807) is 31.4 Å². The molecule has 2 aromatic rings. The van der Waals surface area contributed by atoms with Crippen LogP contribution >= 0.6 is 11.8 Å². The van der Waals surface area contributed by atoms with Crippen molar-refractivity contribution in [3.63, 3.8) is 0 Å². The Balaban J connectivity index is 1.80. The van der Waals surface area contributed by atoms with E-state index in [0.717, 1.165) is 5.56 Å². The molecule has 2 rings (SSSR count). The van der Waals surface area contributed by atoms with Gasteiger partial charge < -0.3 is 14.8 Å². The van der Waals surface area contributed by atoms with Crippen LogP contribution in [0.15, 0.2) is 48.5 Å². The van der Waals surface area contributed by atoms with Gasteiger partial charge in [0.05, 0.1) is 30.2 Å². The van der Waals surface area contributed by atoms with Crippen LogP contribution in [-0.2, 0) is 15.3 Å². The minimum Gasteiger partial charge on any atom is -0.495 e. The molecule has 0 heterocycles. The molecule has 6 heteroatoms. The number of thioether (sulfide) groups is 1. The van der Waals surface area contributed by atoms with Gasteiger partial charge in [0, 0.05) is 5.75 Å². The summed E-state index contributed by atoms with van der Waals surface area (Å²) in [6, 6.07) is 14.5. The number of ether oxygens (including phenoxy) is 2. The Morgan fingerprint density at radius 2 is 1.77 bits per heavy atom. The highest BCUT2D eigenvalue weighted by atomic mass is 32.2. The third-order valence-corrected chi connectivity index (χ3v) is 4.42. The lowest BCUT2D eigenvalue weighted by atomic mass is 10.1. The van der Waals surface area contributed by atoms with Gasteiger partial charge in [0.1, 0.15) is 5.75 Å². The van der Waals surface area contributed by atoms with E-state index in [0.29, 0.717) is 28.5 Å². The Morgan fingerprint density at radius 1 is 1.08 bits per heavy atom. The van der Waals surface area contributed by atoms with Gasteiger partial charge in [-0.25, -0.2) is 4.79 Å². The molecule has 1 amide bonds. The van der Waals surface area contributed by atoms with E-state index in [9.17, 15) is 9.59 Å². The SMILES string of the molecule is COc1ccccc1NC(=O)CSCc1ccc(C(=O)OC(C)C)cc1. The third-order valence-electron chi connectivity index (χ3n) is 3.42. The number of hydrogen-bond donors (Lipinski definition) is 1. The Kier molecular flexibility index (Phi) is 7.53. The molecule has 2 aromatic carbocycles. The number of rotatable bonds is 8. The van der Waals surface area contributed by atoms with Gasteiger partial charge in [0.15, 0.2) is 0 Å². The molecule has 0 saturated carbocycles. The lowest BCUT2D eigenvalue weighted by molar-refractivity contribution is -0.113. The number of anilines is 1. The first-order chi connectivity index (χ1) is 12.5. The van der Waals surface area contributed by atoms with Gasteiger partial charge in [-0.05, 0) is 43.7 Å². The molecule has 138 valence electrons. The maximum Gasteiger partial charge on any atom is 0.338 e. The highest BCUT2D eigenvalue weighted by molar-refractivity contribution is 7.99. The van der Waals surface area contributed by atoms with Crippen LogP contribution in [-0.4, -0.2) is 30.8 Å². The molecule has 0 fully saturated rings. The van der Waals surface area contributed by atoms with Crippen LogP contribution in [0.1, 0.15) is 29.8 Å². The van der Waals surface area contributed by atoms with Gasteiger partial charge in [-0.2, -0.15) is 0 Å². The normalized spacial score (nSPS) is 10.5. The van der Waals surface area contributed by atoms with E-state index < -0.39 is 0 Å². The number of carbonyl (C=O) groups excluding carboxylic acids is 2. The summed E-state index contributed by atoms with van der Waals surface area (Å²) in [6.45, 7) is 3.64. The van der Waals surface area contributed by atoms with Crippen LogP contribution in [0.5, 0.6) is 5.75 Å². The van der Waals surface area contributed by atoms with Crippen molar-refractivity contribution >= 4 is 29.3 Å². The lowest BCUT2D eigenvalue weighted by Crippen LogP contribution is -2.14. The number of esters is 1. The van der Waals surface area contributed by atoms with Gasteiger partial charge in [0.25, 0.3) is 0 Å². The van der Waals surface area contributed by atoms with Crippen molar-refractivity contribution in [2.24, 2.45) is 0 Å². The molecule has 0 spiro atoms. The van der Waals surface area contributed by atoms with Crippen molar-refractivity contribution in [3.8, 4) is 5.75 Å². The number of nitrogens with one attached hydrogen (secondary N) is 1. The van der Waals surface area contributed by atoms with Crippen LogP contribution in [0, 0.1) is 0 Å². The molecule has 0 aromatic heterocycles. The van der Waals surface area contributed by atoms with E-state index >= 15 is 0 Å². The summed E-state index contributed by atoms with van der Waals surface area (Å²) in [5.74, 6) is 1.23. The second-order valence-electron chi connectivity index (χ2n) is 5.89. The number of hydrogen-bond acceptors (Lipinski definition) is 5. The summed E-state index contributed by atoms with van der Waals surface area (Å²) in [4.78, 5) is 23.9. The van der Waals surface area contributed by atoms with Crippen molar-refractivity contribution in [1.82, 2.24) is 0 Å². The molecule has 0 aliphatic heterocycles. The van der Waals surface area contributed by atoms with Gasteiger partial charge in [-0.15, -0.1) is 11.8 Å². The predicted molar refractivity (Wildman–Crippen MR) is 105 cm³/mol. The van der Waals surface area contributed by atoms with E-state index in [1.807, 2.05) is 38.1 Å². The zero-order valence-electron chi connectivity index (χ0n) is 15.2. The molecule has 0 bridgehead atoms. The molecule has 26 heavy (non-hydrogen) atoms. The van der Waals surface area contributed by atoms with Gasteiger partial charge in [0.2, 0.25) is 5.91 Å². The number of amides is 1. The van der Waals surface area contributed by atoms with E-state index in [1.165, 1.54) is 11.8 Å². The summed E-state index contributed by atoms with van der Waals surface area (Å²) in [6.07, 6.45) is -0.139. The number of methoxy groups -OCH3 is 1. The molecule has 0 unspecified atom stereocenters. The highest BCUT2D eigenvalue weighted by Crippen LogP contribution is 2.23. The van der Waals surface area contributed by atoms with Crippen LogP contribution in [0.25, 0.3) is 0 Å². The molecular formula is C20H23NO4S. The van der Waals surface area contributed by atoms with Crippen molar-refractivity contribution < 1.29 is 19.1 Å². The Bertz CT molecular complexity index is 744. The summed E-state index contributed by atoms with van der Waals surface area (Å²) in [5, 5.41) is 2.84. The molecule has 5 nitrogen and oxygen atoms in total. The lowest BCUT2D eigenvalue weighted by Gasteiger charge is -2.10. The Labute approximate surface area is 158 Å². The van der Waals surface area contributed by atoms with Crippen molar-refractivity contribution in [2.45, 2.75) is 25.7 Å². The molecule has 0 atom stereocenters. The van der Waals surface area contributed by atoms with Gasteiger partial charge >= 0.3 is 5.97 Å². The smallest absolute Gasteiger partial charge is 0.338 e. The van der Waals surface area contributed by atoms with Crippen LogP contribution in [0.2, 0.25) is 0 Å². The number of benzene rings is 2. The summed E-state index contributed by atoms with van der Waals surface area (Å²) >= 11 is 1.50. The molecular weight excluding hydrogens is 350 g/mol. The maximum atomic E-state index is 12.1. The Morgan fingerprint density at radius 3 is 2.42 bits per heavy atom. The van der Waals surface area contributed by atoms with Crippen LogP contribution in [0.4, 0.5) is 5.69 Å². The zero-order valence-corrected chi connectivity index (χ0v) is 16.0. The highest BCUT2D eigenvalue weighted by Gasteiger charge is 2.10. The van der Waals surface area contributed by atoms with Gasteiger partial charge in [-0.3, -0.25) is 4.79 Å². The fourth-order valence-corrected chi connectivity index (χ4v) is 3.00. The monoisotopic (exact) mass is 373 g/mol. The summed E-state index contributed by atoms with van der Waals surface area (Å²) in [5.41, 5.74) is 2.23. The molecule has 0 saturated heterocycles. The first-order valence-electron chi connectivity index (χ1n) is 8.30. The minimum absolute atomic E-state index is 0.0865. The maximum absolute atomic E-state index is 12.1. The summed E-state index contributed by atoms with van der Waals surface area (Å²) in [7, 11) is 1.57. The fraction of sp³-hybridized carbons (Fsp3) is 0.300. The molecule has 0 aliphatic carbocycles. The average molecular weight is 373 g/mol. The number of carbonyl (C=O) groups is 2. The minimum atomic E-state index is -0.324. The molecule has 0 aliphatic rings. The van der Waals surface area contributed by atoms with E-state index in [4.69, 9.17) is 9.47 Å². The first-order valence-corrected chi connectivity index (χ1v) is 9.45. The van der Waals surface area contributed by atoms with Crippen molar-refractivity contribution in [1.29, 1.82) is 0 Å². The number of para-hydroxylation sites is 2. The second-order valence-corrected chi connectivity index (χ2v) is 6.88. The standard InChI is InChI=1S/C20H23NO4S/c1-14(2)25-20(23)16-10-8-15(9-11-16)12-26-13-19(22)21-17-6-4-5-7-18(17)24-3/h4-11,14H,12-13H2,1-3H3,(H,21,22). The second kappa shape index (κ2) is 9.87. The van der Waals surface area contributed by atoms with Crippen LogP contribution in [0.3, 0.4) is 0 Å². The quantitative estimate of drug-likeness (QED) is 0.705.